The summed E-state index contributed by atoms with van der Waals surface area (Å²) in [7, 11) is 1.69. The van der Waals surface area contributed by atoms with Crippen LogP contribution in [0, 0.1) is 6.92 Å². The van der Waals surface area contributed by atoms with Crippen LogP contribution in [0.5, 0.6) is 5.75 Å². The summed E-state index contributed by atoms with van der Waals surface area (Å²) >= 11 is 0. The molecule has 0 aromatic heterocycles. The van der Waals surface area contributed by atoms with E-state index in [0.717, 1.165) is 35.7 Å². The molecule has 2 N–H and O–H groups in total. The van der Waals surface area contributed by atoms with Gasteiger partial charge in [0.05, 0.1) is 13.2 Å². The number of anilines is 1. The zero-order chi connectivity index (χ0) is 18.4. The maximum absolute atomic E-state index is 12.4. The topological polar surface area (TPSA) is 53.6 Å². The molecule has 5 nitrogen and oxygen atoms in total. The molecule has 1 aliphatic heterocycles. The lowest BCUT2D eigenvalue weighted by molar-refractivity contribution is 0.224. The van der Waals surface area contributed by atoms with Gasteiger partial charge in [0.1, 0.15) is 5.75 Å². The Morgan fingerprint density at radius 2 is 1.92 bits per heavy atom. The molecule has 1 atom stereocenters. The van der Waals surface area contributed by atoms with Crippen LogP contribution < -0.4 is 15.4 Å². The Morgan fingerprint density at radius 1 is 1.15 bits per heavy atom. The number of methoxy groups -OCH3 is 1. The van der Waals surface area contributed by atoms with Gasteiger partial charge in [0.2, 0.25) is 0 Å². The molecule has 2 aromatic carbocycles. The number of nitrogens with zero attached hydrogens (tertiary/aromatic N) is 1. The van der Waals surface area contributed by atoms with E-state index in [-0.39, 0.29) is 12.1 Å². The number of amides is 2. The average molecular weight is 353 g/mol. The van der Waals surface area contributed by atoms with Crippen molar-refractivity contribution < 1.29 is 9.53 Å². The van der Waals surface area contributed by atoms with Crippen LogP contribution in [0.4, 0.5) is 10.5 Å². The van der Waals surface area contributed by atoms with Crippen molar-refractivity contribution in [1.82, 2.24) is 10.2 Å². The molecule has 0 radical (unpaired) electrons. The SMILES string of the molecule is COc1ccccc1[C@H](CNC(=O)Nc1cccc(C)c1)N1CCCC1. The lowest BCUT2D eigenvalue weighted by Gasteiger charge is -2.29. The van der Waals surface area contributed by atoms with Crippen LogP contribution >= 0.6 is 0 Å². The van der Waals surface area contributed by atoms with Crippen LogP contribution in [0.15, 0.2) is 48.5 Å². The molecule has 0 saturated carbocycles. The fraction of sp³-hybridized carbons (Fsp3) is 0.381. The molecule has 138 valence electrons. The summed E-state index contributed by atoms with van der Waals surface area (Å²) < 4.78 is 5.55. The first-order chi connectivity index (χ1) is 12.7. The highest BCUT2D eigenvalue weighted by atomic mass is 16.5. The molecular formula is C21H27N3O2. The molecule has 1 aliphatic rings. The monoisotopic (exact) mass is 353 g/mol. The van der Waals surface area contributed by atoms with Crippen molar-refractivity contribution in [2.45, 2.75) is 25.8 Å². The van der Waals surface area contributed by atoms with Crippen LogP contribution in [0.25, 0.3) is 0 Å². The van der Waals surface area contributed by atoms with Gasteiger partial charge < -0.3 is 15.4 Å². The minimum Gasteiger partial charge on any atom is -0.496 e. The predicted octanol–water partition coefficient (Wildman–Crippen LogP) is 3.96. The summed E-state index contributed by atoms with van der Waals surface area (Å²) in [6, 6.07) is 15.8. The number of carbonyl (C=O) groups is 1. The molecule has 0 bridgehead atoms. The number of carbonyl (C=O) groups excluding carboxylic acids is 1. The Kier molecular flexibility index (Phi) is 6.12. The van der Waals surface area contributed by atoms with Gasteiger partial charge in [-0.25, -0.2) is 4.79 Å². The largest absolute Gasteiger partial charge is 0.496 e. The van der Waals surface area contributed by atoms with E-state index >= 15 is 0 Å². The summed E-state index contributed by atoms with van der Waals surface area (Å²) in [5.41, 5.74) is 3.04. The van der Waals surface area contributed by atoms with Crippen LogP contribution in [-0.2, 0) is 0 Å². The highest BCUT2D eigenvalue weighted by Gasteiger charge is 2.26. The van der Waals surface area contributed by atoms with Crippen molar-refractivity contribution in [2.75, 3.05) is 32.1 Å². The van der Waals surface area contributed by atoms with E-state index in [1.165, 1.54) is 12.8 Å². The number of benzene rings is 2. The second kappa shape index (κ2) is 8.72. The van der Waals surface area contributed by atoms with Gasteiger partial charge in [-0.15, -0.1) is 0 Å². The maximum atomic E-state index is 12.4. The first kappa shape index (κ1) is 18.3. The molecule has 5 heteroatoms. The normalized spacial score (nSPS) is 15.5. The minimum absolute atomic E-state index is 0.108. The molecule has 2 amide bonds. The number of hydrogen-bond acceptors (Lipinski definition) is 3. The van der Waals surface area contributed by atoms with Gasteiger partial charge in [0, 0.05) is 17.8 Å². The Labute approximate surface area is 155 Å². The Balaban J connectivity index is 1.69. The molecule has 1 saturated heterocycles. The minimum atomic E-state index is -0.185. The number of ether oxygens (including phenoxy) is 1. The Hall–Kier alpha value is -2.53. The summed E-state index contributed by atoms with van der Waals surface area (Å²) in [5.74, 6) is 0.866. The zero-order valence-corrected chi connectivity index (χ0v) is 15.5. The van der Waals surface area contributed by atoms with Crippen LogP contribution in [0.3, 0.4) is 0 Å². The average Bonchev–Trinajstić information content (AvgIpc) is 3.17. The van der Waals surface area contributed by atoms with Crippen molar-refractivity contribution in [1.29, 1.82) is 0 Å². The van der Waals surface area contributed by atoms with E-state index in [2.05, 4.69) is 21.6 Å². The fourth-order valence-electron chi connectivity index (χ4n) is 3.52. The lowest BCUT2D eigenvalue weighted by Crippen LogP contribution is -2.38. The van der Waals surface area contributed by atoms with Gasteiger partial charge >= 0.3 is 6.03 Å². The van der Waals surface area contributed by atoms with Gasteiger partial charge in [0.15, 0.2) is 0 Å². The van der Waals surface area contributed by atoms with Crippen molar-refractivity contribution in [3.63, 3.8) is 0 Å². The van der Waals surface area contributed by atoms with E-state index in [9.17, 15) is 4.79 Å². The van der Waals surface area contributed by atoms with Crippen LogP contribution in [0.2, 0.25) is 0 Å². The number of aryl methyl sites for hydroxylation is 1. The molecule has 2 aromatic rings. The smallest absolute Gasteiger partial charge is 0.319 e. The van der Waals surface area contributed by atoms with Crippen LogP contribution in [-0.4, -0.2) is 37.7 Å². The quantitative estimate of drug-likeness (QED) is 0.826. The Morgan fingerprint density at radius 3 is 2.65 bits per heavy atom. The van der Waals surface area contributed by atoms with E-state index < -0.39 is 0 Å². The number of para-hydroxylation sites is 1. The highest BCUT2D eigenvalue weighted by Crippen LogP contribution is 2.31. The predicted molar refractivity (Wildman–Crippen MR) is 105 cm³/mol. The second-order valence-electron chi connectivity index (χ2n) is 6.71. The number of urea groups is 1. The maximum Gasteiger partial charge on any atom is 0.319 e. The van der Waals surface area contributed by atoms with Crippen LogP contribution in [0.1, 0.15) is 30.0 Å². The number of hydrogen-bond donors (Lipinski definition) is 2. The van der Waals surface area contributed by atoms with Gasteiger partial charge in [-0.1, -0.05) is 30.3 Å². The first-order valence-electron chi connectivity index (χ1n) is 9.16. The lowest BCUT2D eigenvalue weighted by atomic mass is 10.0. The second-order valence-corrected chi connectivity index (χ2v) is 6.71. The Bertz CT molecular complexity index is 742. The molecule has 0 spiro atoms. The third-order valence-corrected chi connectivity index (χ3v) is 4.81. The molecule has 0 unspecified atom stereocenters. The summed E-state index contributed by atoms with van der Waals surface area (Å²) in [6.07, 6.45) is 2.39. The third-order valence-electron chi connectivity index (χ3n) is 4.81. The third kappa shape index (κ3) is 4.55. The fourth-order valence-corrected chi connectivity index (χ4v) is 3.52. The van der Waals surface area contributed by atoms with Crippen molar-refractivity contribution in [2.24, 2.45) is 0 Å². The highest BCUT2D eigenvalue weighted by molar-refractivity contribution is 5.89. The molecule has 26 heavy (non-hydrogen) atoms. The number of likely N-dealkylation sites (tertiary alicyclic amines) is 1. The molecule has 1 fully saturated rings. The van der Waals surface area contributed by atoms with Gasteiger partial charge in [-0.3, -0.25) is 4.90 Å². The van der Waals surface area contributed by atoms with Crippen molar-refractivity contribution in [3.05, 3.63) is 59.7 Å². The molecule has 3 rings (SSSR count). The van der Waals surface area contributed by atoms with Gasteiger partial charge in [0.25, 0.3) is 0 Å². The standard InChI is InChI=1S/C21H27N3O2/c1-16-8-7-9-17(14-16)23-21(25)22-15-19(24-12-5-6-13-24)18-10-3-4-11-20(18)26-2/h3-4,7-11,14,19H,5-6,12-13,15H2,1-2H3,(H2,22,23,25)/t19-/m0/s1. The van der Waals surface area contributed by atoms with E-state index in [1.54, 1.807) is 7.11 Å². The number of rotatable bonds is 6. The van der Waals surface area contributed by atoms with Crippen molar-refractivity contribution in [3.8, 4) is 5.75 Å². The first-order valence-corrected chi connectivity index (χ1v) is 9.16. The van der Waals surface area contributed by atoms with Gasteiger partial charge in [-0.05, 0) is 56.6 Å². The number of nitrogens with one attached hydrogen (secondary N) is 2. The summed E-state index contributed by atoms with van der Waals surface area (Å²) in [5, 5.41) is 5.94. The molecule has 0 aliphatic carbocycles. The molecule has 1 heterocycles. The molecular weight excluding hydrogens is 326 g/mol. The van der Waals surface area contributed by atoms with Gasteiger partial charge in [-0.2, -0.15) is 0 Å². The zero-order valence-electron chi connectivity index (χ0n) is 15.5. The summed E-state index contributed by atoms with van der Waals surface area (Å²) in [6.45, 7) is 4.64. The van der Waals surface area contributed by atoms with Crippen molar-refractivity contribution >= 4 is 11.7 Å². The van der Waals surface area contributed by atoms with E-state index in [1.807, 2.05) is 49.4 Å². The summed E-state index contributed by atoms with van der Waals surface area (Å²) in [4.78, 5) is 14.8. The van der Waals surface area contributed by atoms with E-state index in [0.29, 0.717) is 6.54 Å². The van der Waals surface area contributed by atoms with E-state index in [4.69, 9.17) is 4.74 Å².